The van der Waals surface area contributed by atoms with Gasteiger partial charge in [-0.25, -0.2) is 9.98 Å². The summed E-state index contributed by atoms with van der Waals surface area (Å²) >= 11 is 0. The zero-order chi connectivity index (χ0) is 15.1. The summed E-state index contributed by atoms with van der Waals surface area (Å²) in [6.45, 7) is 4.21. The van der Waals surface area contributed by atoms with Gasteiger partial charge in [-0.05, 0) is 44.0 Å². The highest BCUT2D eigenvalue weighted by Crippen LogP contribution is 2.55. The van der Waals surface area contributed by atoms with Gasteiger partial charge in [-0.2, -0.15) is 0 Å². The molecule has 0 radical (unpaired) electrons. The molecule has 0 spiro atoms. The third-order valence-corrected chi connectivity index (χ3v) is 9.18. The van der Waals surface area contributed by atoms with E-state index >= 15 is 0 Å². The molecule has 0 unspecified atom stereocenters. The summed E-state index contributed by atoms with van der Waals surface area (Å²) in [6.07, 6.45) is 0. The van der Waals surface area contributed by atoms with Crippen molar-refractivity contribution in [2.24, 2.45) is 9.98 Å². The van der Waals surface area contributed by atoms with Crippen molar-refractivity contribution < 1.29 is 0 Å². The van der Waals surface area contributed by atoms with E-state index in [0.29, 0.717) is 0 Å². The first-order valence-electron chi connectivity index (χ1n) is 6.98. The molecule has 2 nitrogen and oxygen atoms in total. The van der Waals surface area contributed by atoms with Gasteiger partial charge in [0.05, 0.1) is 0 Å². The summed E-state index contributed by atoms with van der Waals surface area (Å²) in [5, 5.41) is 3.16. The van der Waals surface area contributed by atoms with Crippen LogP contribution in [0.15, 0.2) is 58.5 Å². The molecule has 0 aromatic heterocycles. The lowest BCUT2D eigenvalue weighted by molar-refractivity contribution is 1.46. The smallest absolute Gasteiger partial charge is 0.200 e. The minimum absolute atomic E-state index is 0.00286. The van der Waals surface area contributed by atoms with Gasteiger partial charge in [-0.15, -0.1) is 0 Å². The van der Waals surface area contributed by atoms with E-state index in [1.54, 1.807) is 0 Å². The Labute approximate surface area is 139 Å². The summed E-state index contributed by atoms with van der Waals surface area (Å²) < 4.78 is 0. The van der Waals surface area contributed by atoms with Crippen LogP contribution in [0.25, 0.3) is 0 Å². The third-order valence-electron chi connectivity index (χ3n) is 3.45. The van der Waals surface area contributed by atoms with Gasteiger partial charge in [-0.1, -0.05) is 59.7 Å². The Bertz CT molecular complexity index is 762. The Hall–Kier alpha value is -1.30. The predicted molar refractivity (Wildman–Crippen MR) is 103 cm³/mol. The molecule has 2 heterocycles. The van der Waals surface area contributed by atoms with Crippen LogP contribution in [0.4, 0.5) is 0 Å². The number of benzene rings is 2. The second kappa shape index (κ2) is 5.72. The van der Waals surface area contributed by atoms with E-state index in [9.17, 15) is 0 Å². The van der Waals surface area contributed by atoms with E-state index in [1.165, 1.54) is 22.3 Å². The van der Waals surface area contributed by atoms with E-state index < -0.39 is 0 Å². The molecule has 0 N–H and O–H groups in total. The highest BCUT2D eigenvalue weighted by Gasteiger charge is 2.27. The van der Waals surface area contributed by atoms with Gasteiger partial charge in [0.2, 0.25) is 5.11 Å². The fourth-order valence-electron chi connectivity index (χ4n) is 2.16. The van der Waals surface area contributed by atoms with E-state index in [-0.39, 0.29) is 8.55 Å². The van der Waals surface area contributed by atoms with Crippen LogP contribution in [-0.2, 0) is 0 Å². The van der Waals surface area contributed by atoms with Crippen LogP contribution < -0.4 is 0 Å². The molecule has 0 saturated heterocycles. The summed E-state index contributed by atoms with van der Waals surface area (Å²) in [7, 11) is 3.66. The molecule has 110 valence electrons. The fourth-order valence-corrected chi connectivity index (χ4v) is 7.92. The molecule has 0 amide bonds. The lowest BCUT2D eigenvalue weighted by Gasteiger charge is -2.04. The Morgan fingerprint density at radius 3 is 1.45 bits per heavy atom. The van der Waals surface area contributed by atoms with Gasteiger partial charge in [0, 0.05) is 11.1 Å². The molecular weight excluding hydrogens is 328 g/mol. The molecule has 2 aliphatic rings. The zero-order valence-electron chi connectivity index (χ0n) is 12.2. The van der Waals surface area contributed by atoms with E-state index in [0.717, 1.165) is 15.2 Å². The first-order chi connectivity index (χ1) is 10.7. The molecular formula is C17H14N2S3. The second-order valence-electron chi connectivity index (χ2n) is 5.25. The molecule has 0 saturated carbocycles. The maximum Gasteiger partial charge on any atom is 0.200 e. The minimum Gasteiger partial charge on any atom is -0.214 e. The number of nitrogens with zero attached hydrogens (tertiary/aromatic N) is 2. The molecule has 0 fully saturated rings. The molecule has 2 aliphatic heterocycles. The zero-order valence-corrected chi connectivity index (χ0v) is 14.7. The molecule has 5 heteroatoms. The Morgan fingerprint density at radius 1 is 0.682 bits per heavy atom. The van der Waals surface area contributed by atoms with Crippen molar-refractivity contribution in [3.8, 4) is 0 Å². The maximum absolute atomic E-state index is 4.74. The molecule has 2 aromatic carbocycles. The van der Waals surface area contributed by atoms with Gasteiger partial charge in [0.25, 0.3) is 0 Å². The van der Waals surface area contributed by atoms with Crippen LogP contribution in [-0.4, -0.2) is 15.2 Å². The number of hydrogen-bond donors (Lipinski definition) is 0. The Morgan fingerprint density at radius 2 is 1.09 bits per heavy atom. The summed E-state index contributed by atoms with van der Waals surface area (Å²) in [6, 6.07) is 17.1. The molecule has 22 heavy (non-hydrogen) atoms. The average Bonchev–Trinajstić information content (AvgIpc) is 3.07. The van der Waals surface area contributed by atoms with E-state index in [1.807, 2.05) is 21.6 Å². The van der Waals surface area contributed by atoms with Gasteiger partial charge < -0.3 is 0 Å². The van der Waals surface area contributed by atoms with Crippen LogP contribution in [0.1, 0.15) is 22.3 Å². The van der Waals surface area contributed by atoms with Crippen molar-refractivity contribution in [1.29, 1.82) is 0 Å². The van der Waals surface area contributed by atoms with Gasteiger partial charge in [0.1, 0.15) is 10.1 Å². The monoisotopic (exact) mass is 342 g/mol. The number of aliphatic imine (C=N–C) groups is 2. The van der Waals surface area contributed by atoms with Gasteiger partial charge in [0.15, 0.2) is 0 Å². The Kier molecular flexibility index (Phi) is 3.72. The largest absolute Gasteiger partial charge is 0.214 e. The van der Waals surface area contributed by atoms with Crippen molar-refractivity contribution in [1.82, 2.24) is 0 Å². The molecule has 2 aromatic rings. The fraction of sp³-hybridized carbons (Fsp3) is 0.118. The van der Waals surface area contributed by atoms with Crippen molar-refractivity contribution in [3.63, 3.8) is 0 Å². The molecule has 0 atom stereocenters. The van der Waals surface area contributed by atoms with Crippen LogP contribution in [0.5, 0.6) is 0 Å². The summed E-state index contributed by atoms with van der Waals surface area (Å²) in [5.41, 5.74) is 4.93. The van der Waals surface area contributed by atoms with Crippen LogP contribution in [0.3, 0.4) is 0 Å². The van der Waals surface area contributed by atoms with Crippen molar-refractivity contribution in [2.45, 2.75) is 13.8 Å². The summed E-state index contributed by atoms with van der Waals surface area (Å²) in [5.74, 6) is 0. The van der Waals surface area contributed by atoms with Crippen LogP contribution in [0.2, 0.25) is 0 Å². The normalized spacial score (nSPS) is 17.5. The van der Waals surface area contributed by atoms with E-state index in [4.69, 9.17) is 9.98 Å². The maximum atomic E-state index is 4.74. The first-order valence-corrected chi connectivity index (χ1v) is 10.9. The number of hydrogen-bond acceptors (Lipinski definition) is 4. The van der Waals surface area contributed by atoms with Crippen LogP contribution >= 0.6 is 30.1 Å². The molecule has 4 rings (SSSR count). The van der Waals surface area contributed by atoms with Crippen molar-refractivity contribution >= 4 is 45.3 Å². The summed E-state index contributed by atoms with van der Waals surface area (Å²) in [4.78, 5) is 9.49. The van der Waals surface area contributed by atoms with Crippen molar-refractivity contribution in [3.05, 3.63) is 70.8 Å². The Balaban J connectivity index is 1.59. The topological polar surface area (TPSA) is 24.7 Å². The average molecular weight is 343 g/mol. The quantitative estimate of drug-likeness (QED) is 0.555. The first kappa shape index (κ1) is 14.3. The molecule has 0 aliphatic carbocycles. The standard InChI is InChI=1S/C17H14N2S3/c1-11-3-7-13(8-4-11)15-18-17-19-16(21-22(17)20-15)14-9-5-12(2)6-10-14/h3-10H,1-2H3. The lowest BCUT2D eigenvalue weighted by Crippen LogP contribution is -1.97. The van der Waals surface area contributed by atoms with Gasteiger partial charge in [-0.3, -0.25) is 0 Å². The lowest BCUT2D eigenvalue weighted by atomic mass is 10.2. The SMILES string of the molecule is Cc1ccc(C2=NC3=S(S2)SC(c2ccc(C)cc2)=N3)cc1. The highest BCUT2D eigenvalue weighted by molar-refractivity contribution is 9.21. The predicted octanol–water partition coefficient (Wildman–Crippen LogP) is 5.18. The number of rotatable bonds is 2. The second-order valence-corrected chi connectivity index (χ2v) is 10.8. The minimum atomic E-state index is 0.00286. The highest BCUT2D eigenvalue weighted by atomic mass is 33.5. The number of aryl methyl sites for hydroxylation is 2. The van der Waals surface area contributed by atoms with Gasteiger partial charge >= 0.3 is 0 Å². The van der Waals surface area contributed by atoms with E-state index in [2.05, 4.69) is 62.4 Å². The third kappa shape index (κ3) is 2.69. The molecule has 0 bridgehead atoms. The van der Waals surface area contributed by atoms with Crippen molar-refractivity contribution in [2.75, 3.05) is 0 Å². The van der Waals surface area contributed by atoms with Crippen LogP contribution in [0, 0.1) is 13.8 Å².